The molecule has 1 aliphatic heterocycles. The molecular weight excluding hydrogens is 721 g/mol. The molecule has 0 radical (unpaired) electrons. The van der Waals surface area contributed by atoms with Crippen molar-refractivity contribution < 1.29 is 26.6 Å². The maximum absolute atomic E-state index is 14.5. The summed E-state index contributed by atoms with van der Waals surface area (Å²) >= 11 is 0. The number of ether oxygens (including phenoxy) is 1. The highest BCUT2D eigenvalue weighted by atomic mass is 32.2. The Morgan fingerprint density at radius 3 is 2.19 bits per heavy atom. The van der Waals surface area contributed by atoms with Gasteiger partial charge in [-0.25, -0.2) is 4.98 Å². The van der Waals surface area contributed by atoms with Crippen LogP contribution in [0.5, 0.6) is 5.88 Å². The molecule has 3 heterocycles. The lowest BCUT2D eigenvalue weighted by Crippen LogP contribution is -2.49. The molecule has 294 valence electrons. The lowest BCUT2D eigenvalue weighted by Gasteiger charge is -2.40. The number of amides is 1. The first-order chi connectivity index (χ1) is 25.2. The molecule has 14 heteroatoms. The summed E-state index contributed by atoms with van der Waals surface area (Å²) in [5, 5.41) is 2.82. The molecule has 5 rings (SSSR count). The third kappa shape index (κ3) is 9.39. The van der Waals surface area contributed by atoms with E-state index in [4.69, 9.17) is 18.3 Å². The van der Waals surface area contributed by atoms with Gasteiger partial charge in [0.05, 0.1) is 25.5 Å². The predicted molar refractivity (Wildman–Crippen MR) is 215 cm³/mol. The van der Waals surface area contributed by atoms with Crippen molar-refractivity contribution in [3.05, 3.63) is 71.0 Å². The third-order valence-corrected chi connectivity index (χ3v) is 16.3. The van der Waals surface area contributed by atoms with Crippen LogP contribution in [-0.4, -0.2) is 79.9 Å². The minimum absolute atomic E-state index is 0.0465. The number of hydrogen-bond donors (Lipinski definition) is 1. The molecule has 0 bridgehead atoms. The normalized spacial score (nSPS) is 17.5. The number of nitrogens with zero attached hydrogens (tertiary/aromatic N) is 5. The molecule has 1 amide bonds. The Hall–Kier alpha value is -3.69. The van der Waals surface area contributed by atoms with E-state index >= 15 is 0 Å². The molecule has 1 saturated heterocycles. The standard InChI is InChI=1S/C40H58N6O6SSi/c1-25(2)29-19-31(26(3)4)36(32(20-29)27(5)6)53(48,49)52-38-35-37(43-39(44-38)42-33(47)18-28-16-14-13-15-17-28)46(24-41-35)34-22-45(10)21-30(51-34)23-50-54(11,12)40(7,8)9/h13-17,19-20,24-27,30,34H,18,21-23H2,1-12H3,(H,42,43,44,47). The van der Waals surface area contributed by atoms with Gasteiger partial charge < -0.3 is 13.3 Å². The van der Waals surface area contributed by atoms with Crippen LogP contribution in [-0.2, 0) is 30.5 Å². The number of imidazole rings is 1. The summed E-state index contributed by atoms with van der Waals surface area (Å²) in [7, 11) is -4.48. The highest BCUT2D eigenvalue weighted by molar-refractivity contribution is 7.87. The fourth-order valence-electron chi connectivity index (χ4n) is 6.25. The second-order valence-corrected chi connectivity index (χ2v) is 23.2. The number of hydrogen-bond acceptors (Lipinski definition) is 10. The van der Waals surface area contributed by atoms with Crippen LogP contribution in [0.25, 0.3) is 11.2 Å². The van der Waals surface area contributed by atoms with Gasteiger partial charge in [0.1, 0.15) is 11.1 Å². The zero-order valence-corrected chi connectivity index (χ0v) is 35.7. The monoisotopic (exact) mass is 778 g/mol. The van der Waals surface area contributed by atoms with Crippen LogP contribution in [0.4, 0.5) is 5.95 Å². The lowest BCUT2D eigenvalue weighted by molar-refractivity contribution is -0.126. The molecular formula is C40H58N6O6SSi. The number of aromatic nitrogens is 4. The molecule has 1 aliphatic rings. The fourth-order valence-corrected chi connectivity index (χ4v) is 8.86. The molecule has 54 heavy (non-hydrogen) atoms. The molecule has 12 nitrogen and oxygen atoms in total. The van der Waals surface area contributed by atoms with Crippen molar-refractivity contribution in [2.24, 2.45) is 0 Å². The molecule has 0 spiro atoms. The summed E-state index contributed by atoms with van der Waals surface area (Å²) in [6.45, 7) is 24.7. The van der Waals surface area contributed by atoms with Gasteiger partial charge in [0.15, 0.2) is 19.5 Å². The van der Waals surface area contributed by atoms with Crippen LogP contribution in [0.15, 0.2) is 53.7 Å². The zero-order chi connectivity index (χ0) is 39.7. The highest BCUT2D eigenvalue weighted by Crippen LogP contribution is 2.39. The summed E-state index contributed by atoms with van der Waals surface area (Å²) in [5.74, 6) is -0.786. The molecule has 2 aromatic carbocycles. The van der Waals surface area contributed by atoms with Gasteiger partial charge in [-0.3, -0.25) is 19.6 Å². The van der Waals surface area contributed by atoms with Crippen molar-refractivity contribution in [1.82, 2.24) is 24.4 Å². The Kier molecular flexibility index (Phi) is 12.4. The smallest absolute Gasteiger partial charge is 0.341 e. The summed E-state index contributed by atoms with van der Waals surface area (Å²) in [6.07, 6.45) is 0.847. The van der Waals surface area contributed by atoms with Gasteiger partial charge in [-0.1, -0.05) is 105 Å². The molecule has 2 atom stereocenters. The molecule has 0 saturated carbocycles. The van der Waals surface area contributed by atoms with Crippen molar-refractivity contribution in [1.29, 1.82) is 0 Å². The molecule has 1 N–H and O–H groups in total. The number of anilines is 1. The number of carbonyl (C=O) groups excluding carboxylic acids is 1. The highest BCUT2D eigenvalue weighted by Gasteiger charge is 2.39. The Morgan fingerprint density at radius 2 is 1.61 bits per heavy atom. The van der Waals surface area contributed by atoms with Gasteiger partial charge in [-0.15, -0.1) is 0 Å². The van der Waals surface area contributed by atoms with E-state index < -0.39 is 24.7 Å². The zero-order valence-electron chi connectivity index (χ0n) is 33.9. The van der Waals surface area contributed by atoms with Gasteiger partial charge in [0, 0.05) is 13.1 Å². The predicted octanol–water partition coefficient (Wildman–Crippen LogP) is 8.00. The van der Waals surface area contributed by atoms with Crippen LogP contribution in [0.2, 0.25) is 18.1 Å². The van der Waals surface area contributed by atoms with E-state index in [0.29, 0.717) is 30.8 Å². The summed E-state index contributed by atoms with van der Waals surface area (Å²) < 4.78 is 49.9. The third-order valence-electron chi connectivity index (χ3n) is 10.4. The maximum Gasteiger partial charge on any atom is 0.341 e. The van der Waals surface area contributed by atoms with E-state index in [1.54, 1.807) is 10.9 Å². The van der Waals surface area contributed by atoms with Crippen LogP contribution >= 0.6 is 0 Å². The van der Waals surface area contributed by atoms with Gasteiger partial charge in [-0.05, 0) is 65.2 Å². The van der Waals surface area contributed by atoms with E-state index in [-0.39, 0.29) is 69.1 Å². The van der Waals surface area contributed by atoms with E-state index in [1.807, 2.05) is 77.2 Å². The van der Waals surface area contributed by atoms with Crippen LogP contribution in [0.1, 0.15) is 109 Å². The number of likely N-dealkylation sites (N-methyl/N-ethyl adjacent to an activating group) is 1. The van der Waals surface area contributed by atoms with Crippen molar-refractivity contribution in [3.63, 3.8) is 0 Å². The van der Waals surface area contributed by atoms with Crippen LogP contribution < -0.4 is 9.50 Å². The van der Waals surface area contributed by atoms with Crippen molar-refractivity contribution >= 4 is 41.5 Å². The maximum atomic E-state index is 14.5. The summed E-state index contributed by atoms with van der Waals surface area (Å²) in [6, 6.07) is 13.2. The van der Waals surface area contributed by atoms with Crippen LogP contribution in [0, 0.1) is 0 Å². The average molecular weight is 779 g/mol. The number of morpholine rings is 1. The average Bonchev–Trinajstić information content (AvgIpc) is 3.50. The number of carbonyl (C=O) groups is 1. The second kappa shape index (κ2) is 16.2. The molecule has 4 aromatic rings. The minimum Gasteiger partial charge on any atom is -0.414 e. The summed E-state index contributed by atoms with van der Waals surface area (Å²) in [4.78, 5) is 29.3. The molecule has 2 unspecified atom stereocenters. The van der Waals surface area contributed by atoms with Crippen molar-refractivity contribution in [3.8, 4) is 5.88 Å². The van der Waals surface area contributed by atoms with Gasteiger partial charge in [0.2, 0.25) is 11.9 Å². The Labute approximate surface area is 322 Å². The van der Waals surface area contributed by atoms with E-state index in [0.717, 1.165) is 11.1 Å². The first-order valence-corrected chi connectivity index (χ1v) is 23.2. The Balaban J connectivity index is 1.57. The lowest BCUT2D eigenvalue weighted by atomic mass is 9.89. The second-order valence-electron chi connectivity index (χ2n) is 16.9. The first kappa shape index (κ1) is 41.5. The van der Waals surface area contributed by atoms with Gasteiger partial charge in [0.25, 0.3) is 5.88 Å². The largest absolute Gasteiger partial charge is 0.414 e. The molecule has 2 aromatic heterocycles. The summed E-state index contributed by atoms with van der Waals surface area (Å²) in [5.41, 5.74) is 3.58. The molecule has 0 aliphatic carbocycles. The van der Waals surface area contributed by atoms with Crippen molar-refractivity contribution in [2.75, 3.05) is 32.1 Å². The topological polar surface area (TPSA) is 138 Å². The molecule has 1 fully saturated rings. The number of benzene rings is 2. The first-order valence-electron chi connectivity index (χ1n) is 18.8. The number of rotatable bonds is 13. The number of fused-ring (bicyclic) bond motifs is 1. The van der Waals surface area contributed by atoms with Crippen LogP contribution in [0.3, 0.4) is 0 Å². The van der Waals surface area contributed by atoms with Crippen molar-refractivity contribution in [2.45, 2.75) is 122 Å². The Morgan fingerprint density at radius 1 is 0.981 bits per heavy atom. The van der Waals surface area contributed by atoms with Gasteiger partial charge in [-0.2, -0.15) is 18.4 Å². The van der Waals surface area contributed by atoms with E-state index in [9.17, 15) is 13.2 Å². The quantitative estimate of drug-likeness (QED) is 0.105. The Bertz CT molecular complexity index is 2030. The minimum atomic E-state index is -4.46. The van der Waals surface area contributed by atoms with E-state index in [2.05, 4.69) is 67.9 Å². The fraction of sp³-hybridized carbons (Fsp3) is 0.550. The van der Waals surface area contributed by atoms with Gasteiger partial charge >= 0.3 is 10.1 Å². The number of nitrogens with one attached hydrogen (secondary N) is 1. The SMILES string of the molecule is CC(C)c1cc(C(C)C)c(S(=O)(=O)Oc2nc(NC(=O)Cc3ccccc3)nc3c2ncn3C2CN(C)CC(CO[Si](C)(C)C(C)(C)C)O2)c(C(C)C)c1. The van der Waals surface area contributed by atoms with E-state index in [1.165, 1.54) is 0 Å².